The van der Waals surface area contributed by atoms with Gasteiger partial charge in [-0.15, -0.1) is 0 Å². The summed E-state index contributed by atoms with van der Waals surface area (Å²) in [5, 5.41) is 0. The first-order valence-electron chi connectivity index (χ1n) is 6.77. The zero-order valence-electron chi connectivity index (χ0n) is 13.7. The van der Waals surface area contributed by atoms with E-state index in [4.69, 9.17) is 13.6 Å². The minimum absolute atomic E-state index is 0.696. The van der Waals surface area contributed by atoms with Gasteiger partial charge in [0.1, 0.15) is 11.5 Å². The first-order valence-corrected chi connectivity index (χ1v) is 13.6. The molecule has 0 bridgehead atoms. The summed E-state index contributed by atoms with van der Waals surface area (Å²) in [6.07, 6.45) is 0. The van der Waals surface area contributed by atoms with Crippen molar-refractivity contribution in [3.63, 3.8) is 0 Å². The van der Waals surface area contributed by atoms with Crippen LogP contribution in [-0.4, -0.2) is 23.7 Å². The van der Waals surface area contributed by atoms with Gasteiger partial charge in [-0.2, -0.15) is 0 Å². The molecule has 0 spiro atoms. The fourth-order valence-electron chi connectivity index (χ4n) is 1.68. The van der Waals surface area contributed by atoms with Crippen LogP contribution in [0.1, 0.15) is 5.56 Å². The topological polar surface area (TPSA) is 27.7 Å². The van der Waals surface area contributed by atoms with E-state index in [0.717, 1.165) is 17.1 Å². The van der Waals surface area contributed by atoms with Crippen LogP contribution in [0.3, 0.4) is 0 Å². The Morgan fingerprint density at radius 1 is 0.950 bits per heavy atom. The summed E-state index contributed by atoms with van der Waals surface area (Å²) in [6, 6.07) is 5.84. The third-order valence-corrected chi connectivity index (χ3v) is 4.02. The summed E-state index contributed by atoms with van der Waals surface area (Å²) in [5.41, 5.74) is 0.937. The standard InChI is InChI=1S/C15H26O3Si2/c1-12(17-19(3,4)5)13-9-10-14(15(11-13)16-2)18-20(6,7)8/h9-11H,1H2,2-8H3. The van der Waals surface area contributed by atoms with E-state index in [-0.39, 0.29) is 0 Å². The van der Waals surface area contributed by atoms with Crippen LogP contribution in [0.4, 0.5) is 0 Å². The Kier molecular flexibility index (Phi) is 5.10. The highest BCUT2D eigenvalue weighted by Crippen LogP contribution is 2.33. The van der Waals surface area contributed by atoms with Gasteiger partial charge in [0.25, 0.3) is 0 Å². The van der Waals surface area contributed by atoms with E-state index in [1.165, 1.54) is 0 Å². The third kappa shape index (κ3) is 5.42. The van der Waals surface area contributed by atoms with Crippen LogP contribution < -0.4 is 9.16 Å². The van der Waals surface area contributed by atoms with E-state index in [1.807, 2.05) is 18.2 Å². The molecule has 0 heterocycles. The Morgan fingerprint density at radius 3 is 2.00 bits per heavy atom. The fraction of sp³-hybridized carbons (Fsp3) is 0.467. The quantitative estimate of drug-likeness (QED) is 0.561. The first kappa shape index (κ1) is 16.8. The molecule has 0 amide bonds. The van der Waals surface area contributed by atoms with Gasteiger partial charge in [0.05, 0.1) is 7.11 Å². The second kappa shape index (κ2) is 6.05. The molecule has 0 N–H and O–H groups in total. The summed E-state index contributed by atoms with van der Waals surface area (Å²) in [4.78, 5) is 0. The van der Waals surface area contributed by atoms with Crippen LogP contribution in [-0.2, 0) is 4.43 Å². The van der Waals surface area contributed by atoms with Crippen molar-refractivity contribution in [1.82, 2.24) is 0 Å². The summed E-state index contributed by atoms with van der Waals surface area (Å²) < 4.78 is 17.4. The average Bonchev–Trinajstić information content (AvgIpc) is 2.25. The molecule has 1 aromatic carbocycles. The molecule has 0 fully saturated rings. The first-order chi connectivity index (χ1) is 9.02. The van der Waals surface area contributed by atoms with Gasteiger partial charge in [-0.05, 0) is 57.5 Å². The Bertz CT molecular complexity index is 485. The van der Waals surface area contributed by atoms with Crippen molar-refractivity contribution >= 4 is 22.4 Å². The predicted octanol–water partition coefficient (Wildman–Crippen LogP) is 4.73. The average molecular weight is 311 g/mol. The van der Waals surface area contributed by atoms with E-state index in [1.54, 1.807) is 7.11 Å². The van der Waals surface area contributed by atoms with Gasteiger partial charge < -0.3 is 13.6 Å². The van der Waals surface area contributed by atoms with Crippen LogP contribution in [0.25, 0.3) is 5.76 Å². The fourth-order valence-corrected chi connectivity index (χ4v) is 3.37. The number of rotatable bonds is 6. The predicted molar refractivity (Wildman–Crippen MR) is 90.4 cm³/mol. The highest BCUT2D eigenvalue weighted by atomic mass is 28.4. The van der Waals surface area contributed by atoms with Crippen molar-refractivity contribution in [2.24, 2.45) is 0 Å². The Labute approximate surface area is 124 Å². The molecule has 0 radical (unpaired) electrons. The van der Waals surface area contributed by atoms with Gasteiger partial charge in [-0.3, -0.25) is 0 Å². The van der Waals surface area contributed by atoms with Crippen molar-refractivity contribution in [3.05, 3.63) is 30.3 Å². The maximum absolute atomic E-state index is 6.01. The molecule has 0 unspecified atom stereocenters. The minimum Gasteiger partial charge on any atom is -0.544 e. The molecular formula is C15H26O3Si2. The van der Waals surface area contributed by atoms with E-state index >= 15 is 0 Å². The van der Waals surface area contributed by atoms with Crippen molar-refractivity contribution in [2.45, 2.75) is 39.3 Å². The van der Waals surface area contributed by atoms with Gasteiger partial charge in [-0.1, -0.05) is 6.58 Å². The largest absolute Gasteiger partial charge is 0.544 e. The third-order valence-electron chi connectivity index (χ3n) is 2.33. The Balaban J connectivity index is 3.01. The second-order valence-corrected chi connectivity index (χ2v) is 15.6. The molecule has 0 aliphatic rings. The lowest BCUT2D eigenvalue weighted by atomic mass is 10.2. The highest BCUT2D eigenvalue weighted by molar-refractivity contribution is 6.70. The molecule has 0 aromatic heterocycles. The van der Waals surface area contributed by atoms with Crippen molar-refractivity contribution < 1.29 is 13.6 Å². The lowest BCUT2D eigenvalue weighted by Gasteiger charge is -2.23. The van der Waals surface area contributed by atoms with Crippen molar-refractivity contribution in [2.75, 3.05) is 7.11 Å². The molecule has 0 atom stereocenters. The molecule has 0 aliphatic carbocycles. The number of methoxy groups -OCH3 is 1. The van der Waals surface area contributed by atoms with Crippen LogP contribution >= 0.6 is 0 Å². The number of hydrogen-bond acceptors (Lipinski definition) is 3. The zero-order valence-corrected chi connectivity index (χ0v) is 15.7. The van der Waals surface area contributed by atoms with E-state index in [2.05, 4.69) is 45.9 Å². The zero-order chi connectivity index (χ0) is 15.6. The van der Waals surface area contributed by atoms with E-state index in [9.17, 15) is 0 Å². The van der Waals surface area contributed by atoms with Gasteiger partial charge >= 0.3 is 0 Å². The molecule has 0 saturated heterocycles. The number of benzene rings is 1. The minimum atomic E-state index is -1.66. The lowest BCUT2D eigenvalue weighted by Crippen LogP contribution is -2.29. The van der Waals surface area contributed by atoms with Crippen LogP contribution in [0.2, 0.25) is 39.3 Å². The normalized spacial score (nSPS) is 11.9. The molecule has 112 valence electrons. The molecule has 1 rings (SSSR count). The summed E-state index contributed by atoms with van der Waals surface area (Å²) in [7, 11) is -1.65. The SMILES string of the molecule is C=C(O[Si](C)(C)C)c1ccc(O[Si](C)(C)C)c(OC)c1. The maximum atomic E-state index is 6.01. The van der Waals surface area contributed by atoms with Crippen molar-refractivity contribution in [3.8, 4) is 11.5 Å². The monoisotopic (exact) mass is 310 g/mol. The molecule has 0 saturated carbocycles. The highest BCUT2D eigenvalue weighted by Gasteiger charge is 2.21. The molecular weight excluding hydrogens is 284 g/mol. The van der Waals surface area contributed by atoms with Crippen LogP contribution in [0, 0.1) is 0 Å². The van der Waals surface area contributed by atoms with Crippen LogP contribution in [0.15, 0.2) is 24.8 Å². The van der Waals surface area contributed by atoms with Gasteiger partial charge in [-0.25, -0.2) is 0 Å². The Hall–Kier alpha value is -1.21. The molecule has 20 heavy (non-hydrogen) atoms. The molecule has 5 heteroatoms. The Morgan fingerprint density at radius 2 is 1.55 bits per heavy atom. The van der Waals surface area contributed by atoms with Gasteiger partial charge in [0, 0.05) is 5.56 Å². The van der Waals surface area contributed by atoms with Gasteiger partial charge in [0.2, 0.25) is 16.6 Å². The van der Waals surface area contributed by atoms with E-state index < -0.39 is 16.6 Å². The second-order valence-electron chi connectivity index (χ2n) is 6.72. The molecule has 1 aromatic rings. The smallest absolute Gasteiger partial charge is 0.242 e. The van der Waals surface area contributed by atoms with Gasteiger partial charge in [0.15, 0.2) is 5.75 Å². The molecule has 3 nitrogen and oxygen atoms in total. The lowest BCUT2D eigenvalue weighted by molar-refractivity contribution is 0.391. The number of hydrogen-bond donors (Lipinski definition) is 0. The maximum Gasteiger partial charge on any atom is 0.242 e. The molecule has 0 aliphatic heterocycles. The summed E-state index contributed by atoms with van der Waals surface area (Å²) in [6.45, 7) is 16.9. The van der Waals surface area contributed by atoms with E-state index in [0.29, 0.717) is 5.76 Å². The summed E-state index contributed by atoms with van der Waals surface area (Å²) in [5.74, 6) is 2.21. The van der Waals surface area contributed by atoms with Crippen LogP contribution in [0.5, 0.6) is 11.5 Å². The summed E-state index contributed by atoms with van der Waals surface area (Å²) >= 11 is 0. The van der Waals surface area contributed by atoms with Crippen molar-refractivity contribution in [1.29, 1.82) is 0 Å². The number of ether oxygens (including phenoxy) is 1.